The van der Waals surface area contributed by atoms with Crippen LogP contribution in [0, 0.1) is 12.7 Å². The molecule has 2 N–H and O–H groups in total. The predicted octanol–water partition coefficient (Wildman–Crippen LogP) is 1.24. The number of benzene rings is 1. The molecule has 2 aromatic rings. The molecule has 1 amide bonds. The molecule has 25 heavy (non-hydrogen) atoms. The molecule has 7 nitrogen and oxygen atoms in total. The van der Waals surface area contributed by atoms with Gasteiger partial charge in [-0.25, -0.2) is 9.37 Å². The number of hydrogen-bond acceptors (Lipinski definition) is 5. The van der Waals surface area contributed by atoms with E-state index < -0.39 is 0 Å². The molecule has 0 aliphatic carbocycles. The van der Waals surface area contributed by atoms with Gasteiger partial charge >= 0.3 is 0 Å². The third kappa shape index (κ3) is 4.42. The first-order chi connectivity index (χ1) is 12.0. The summed E-state index contributed by atoms with van der Waals surface area (Å²) in [5.41, 5.74) is 0.631. The van der Waals surface area contributed by atoms with Crippen molar-refractivity contribution in [2.75, 3.05) is 36.5 Å². The van der Waals surface area contributed by atoms with Crippen LogP contribution in [0.5, 0.6) is 0 Å². The van der Waals surface area contributed by atoms with Gasteiger partial charge in [0.15, 0.2) is 0 Å². The first kappa shape index (κ1) is 17.1. The quantitative estimate of drug-likeness (QED) is 0.870. The fourth-order valence-corrected chi connectivity index (χ4v) is 2.61. The zero-order valence-electron chi connectivity index (χ0n) is 13.8. The van der Waals surface area contributed by atoms with Gasteiger partial charge in [-0.3, -0.25) is 9.59 Å². The van der Waals surface area contributed by atoms with Gasteiger partial charge in [0, 0.05) is 24.8 Å². The molecule has 2 heterocycles. The number of halogens is 1. The van der Waals surface area contributed by atoms with Gasteiger partial charge in [-0.2, -0.15) is 0 Å². The van der Waals surface area contributed by atoms with E-state index in [-0.39, 0.29) is 29.5 Å². The molecule has 0 saturated carbocycles. The highest BCUT2D eigenvalue weighted by molar-refractivity contribution is 5.91. The van der Waals surface area contributed by atoms with Crippen LogP contribution in [0.25, 0.3) is 0 Å². The fourth-order valence-electron chi connectivity index (χ4n) is 2.61. The Kier molecular flexibility index (Phi) is 5.08. The van der Waals surface area contributed by atoms with Crippen LogP contribution in [0.3, 0.4) is 0 Å². The summed E-state index contributed by atoms with van der Waals surface area (Å²) in [6.45, 7) is 4.08. The van der Waals surface area contributed by atoms with E-state index in [1.54, 1.807) is 13.0 Å². The molecule has 1 aliphatic rings. The van der Waals surface area contributed by atoms with Crippen LogP contribution in [0.2, 0.25) is 0 Å². The van der Waals surface area contributed by atoms with Gasteiger partial charge in [-0.1, -0.05) is 0 Å². The van der Waals surface area contributed by atoms with Crippen molar-refractivity contribution in [3.63, 3.8) is 0 Å². The number of aromatic amines is 1. The molecule has 0 atom stereocenters. The largest absolute Gasteiger partial charge is 0.378 e. The van der Waals surface area contributed by atoms with Crippen LogP contribution in [0.15, 0.2) is 29.1 Å². The number of hydrogen-bond donors (Lipinski definition) is 2. The van der Waals surface area contributed by atoms with Gasteiger partial charge in [-0.15, -0.1) is 0 Å². The average molecular weight is 346 g/mol. The third-order valence-corrected chi connectivity index (χ3v) is 3.88. The van der Waals surface area contributed by atoms with E-state index in [1.165, 1.54) is 18.2 Å². The summed E-state index contributed by atoms with van der Waals surface area (Å²) in [7, 11) is 0. The van der Waals surface area contributed by atoms with Crippen LogP contribution in [-0.2, 0) is 16.0 Å². The van der Waals surface area contributed by atoms with E-state index in [1.807, 2.05) is 4.90 Å². The smallest absolute Gasteiger partial charge is 0.252 e. The third-order valence-electron chi connectivity index (χ3n) is 3.88. The Labute approximate surface area is 143 Å². The Morgan fingerprint density at radius 3 is 2.84 bits per heavy atom. The Morgan fingerprint density at radius 2 is 2.12 bits per heavy atom. The first-order valence-corrected chi connectivity index (χ1v) is 8.00. The normalized spacial score (nSPS) is 14.4. The Bertz CT molecular complexity index is 831. The molecule has 1 aliphatic heterocycles. The molecule has 8 heteroatoms. The van der Waals surface area contributed by atoms with Gasteiger partial charge in [0.1, 0.15) is 17.5 Å². The van der Waals surface area contributed by atoms with Crippen molar-refractivity contribution in [3.05, 3.63) is 51.8 Å². The fraction of sp³-hybridized carbons (Fsp3) is 0.353. The highest BCUT2D eigenvalue weighted by atomic mass is 19.1. The lowest BCUT2D eigenvalue weighted by Gasteiger charge is -2.27. The summed E-state index contributed by atoms with van der Waals surface area (Å²) >= 11 is 0. The molecule has 3 rings (SSSR count). The van der Waals surface area contributed by atoms with E-state index in [0.29, 0.717) is 43.4 Å². The van der Waals surface area contributed by atoms with E-state index in [2.05, 4.69) is 15.3 Å². The van der Waals surface area contributed by atoms with Crippen molar-refractivity contribution in [2.24, 2.45) is 0 Å². The van der Waals surface area contributed by atoms with Crippen LogP contribution >= 0.6 is 0 Å². The van der Waals surface area contributed by atoms with E-state index in [4.69, 9.17) is 4.74 Å². The maximum Gasteiger partial charge on any atom is 0.252 e. The van der Waals surface area contributed by atoms with E-state index >= 15 is 0 Å². The summed E-state index contributed by atoms with van der Waals surface area (Å²) in [5.74, 6) is 0.147. The number of aromatic nitrogens is 2. The number of anilines is 2. The predicted molar refractivity (Wildman–Crippen MR) is 91.4 cm³/mol. The molecule has 1 aromatic carbocycles. The van der Waals surface area contributed by atoms with Gasteiger partial charge < -0.3 is 19.9 Å². The van der Waals surface area contributed by atoms with Crippen molar-refractivity contribution >= 4 is 17.4 Å². The van der Waals surface area contributed by atoms with E-state index in [0.717, 1.165) is 0 Å². The van der Waals surface area contributed by atoms with Crippen molar-refractivity contribution in [3.8, 4) is 0 Å². The second-order valence-corrected chi connectivity index (χ2v) is 5.84. The number of H-pyrrole nitrogens is 1. The maximum absolute atomic E-state index is 13.3. The number of carbonyl (C=O) groups is 1. The Balaban J connectivity index is 1.71. The highest BCUT2D eigenvalue weighted by Gasteiger charge is 2.15. The second kappa shape index (κ2) is 7.43. The summed E-state index contributed by atoms with van der Waals surface area (Å²) in [6.07, 6.45) is -0.0795. The zero-order valence-corrected chi connectivity index (χ0v) is 13.8. The lowest BCUT2D eigenvalue weighted by atomic mass is 10.2. The van der Waals surface area contributed by atoms with Crippen LogP contribution in [0.1, 0.15) is 11.4 Å². The van der Waals surface area contributed by atoms with E-state index in [9.17, 15) is 14.0 Å². The lowest BCUT2D eigenvalue weighted by Crippen LogP contribution is -2.37. The van der Waals surface area contributed by atoms with Crippen molar-refractivity contribution < 1.29 is 13.9 Å². The van der Waals surface area contributed by atoms with Crippen LogP contribution in [0.4, 0.5) is 15.9 Å². The number of morpholine rings is 1. The van der Waals surface area contributed by atoms with Gasteiger partial charge in [-0.05, 0) is 30.7 Å². The topological polar surface area (TPSA) is 87.3 Å². The molecule has 0 bridgehead atoms. The Hall–Kier alpha value is -2.74. The van der Waals surface area contributed by atoms with Crippen molar-refractivity contribution in [1.29, 1.82) is 0 Å². The molecule has 1 aromatic heterocycles. The number of rotatable bonds is 4. The van der Waals surface area contributed by atoms with Gasteiger partial charge in [0.05, 0.1) is 19.6 Å². The minimum Gasteiger partial charge on any atom is -0.378 e. The van der Waals surface area contributed by atoms with Crippen LogP contribution < -0.4 is 15.8 Å². The number of aryl methyl sites for hydroxylation is 1. The maximum atomic E-state index is 13.3. The lowest BCUT2D eigenvalue weighted by molar-refractivity contribution is -0.115. The highest BCUT2D eigenvalue weighted by Crippen LogP contribution is 2.14. The summed E-state index contributed by atoms with van der Waals surface area (Å²) in [5, 5.41) is 2.68. The van der Waals surface area contributed by atoms with Gasteiger partial charge in [0.25, 0.3) is 5.56 Å². The standard InChI is InChI=1S/C17H19FN4O3/c1-11-8-12(2-3-13(11)18)19-16(23)9-14-20-15(10-17(24)21-14)22-4-6-25-7-5-22/h2-3,8,10H,4-7,9H2,1H3,(H,19,23)(H,20,21,24). The van der Waals surface area contributed by atoms with Gasteiger partial charge in [0.2, 0.25) is 5.91 Å². The second-order valence-electron chi connectivity index (χ2n) is 5.84. The van der Waals surface area contributed by atoms with Crippen molar-refractivity contribution in [2.45, 2.75) is 13.3 Å². The molecule has 1 fully saturated rings. The number of nitrogens with zero attached hydrogens (tertiary/aromatic N) is 2. The zero-order chi connectivity index (χ0) is 17.8. The molecule has 0 radical (unpaired) electrons. The average Bonchev–Trinajstić information content (AvgIpc) is 2.58. The molecule has 0 unspecified atom stereocenters. The molecule has 1 saturated heterocycles. The number of nitrogens with one attached hydrogen (secondary N) is 2. The number of carbonyl (C=O) groups excluding carboxylic acids is 1. The summed E-state index contributed by atoms with van der Waals surface area (Å²) in [6, 6.07) is 5.74. The Morgan fingerprint density at radius 1 is 1.36 bits per heavy atom. The molecule has 0 spiro atoms. The van der Waals surface area contributed by atoms with Crippen LogP contribution in [-0.4, -0.2) is 42.2 Å². The molecular weight excluding hydrogens is 327 g/mol. The first-order valence-electron chi connectivity index (χ1n) is 8.00. The number of amides is 1. The summed E-state index contributed by atoms with van der Waals surface area (Å²) in [4.78, 5) is 32.9. The number of ether oxygens (including phenoxy) is 1. The SMILES string of the molecule is Cc1cc(NC(=O)Cc2nc(N3CCOCC3)cc(=O)[nH]2)ccc1F. The van der Waals surface area contributed by atoms with Crippen molar-refractivity contribution in [1.82, 2.24) is 9.97 Å². The molecular formula is C17H19FN4O3. The summed E-state index contributed by atoms with van der Waals surface area (Å²) < 4.78 is 18.6. The minimum absolute atomic E-state index is 0.0795. The molecule has 132 valence electrons. The minimum atomic E-state index is -0.340. The monoisotopic (exact) mass is 346 g/mol.